The van der Waals surface area contributed by atoms with Crippen molar-refractivity contribution in [2.75, 3.05) is 39.0 Å². The van der Waals surface area contributed by atoms with Gasteiger partial charge in [-0.2, -0.15) is 0 Å². The molecule has 0 radical (unpaired) electrons. The first-order valence-corrected chi connectivity index (χ1v) is 8.58. The molecule has 6 heteroatoms. The predicted octanol–water partition coefficient (Wildman–Crippen LogP) is 0.390. The van der Waals surface area contributed by atoms with Crippen LogP contribution in [0.2, 0.25) is 0 Å². The molecule has 0 aromatic heterocycles. The molecule has 0 aliphatic heterocycles. The van der Waals surface area contributed by atoms with E-state index in [1.165, 1.54) is 12.8 Å². The van der Waals surface area contributed by atoms with Crippen LogP contribution in [0.5, 0.6) is 0 Å². The SMILES string of the molecule is CCNCCCCS(=O)(=O)NCCN(C)C1CC1. The third-order valence-electron chi connectivity index (χ3n) is 3.22. The van der Waals surface area contributed by atoms with Crippen LogP contribution in [0.25, 0.3) is 0 Å². The lowest BCUT2D eigenvalue weighted by Gasteiger charge is -2.15. The Hall–Kier alpha value is -0.170. The summed E-state index contributed by atoms with van der Waals surface area (Å²) in [6.45, 7) is 5.23. The monoisotopic (exact) mass is 277 g/mol. The summed E-state index contributed by atoms with van der Waals surface area (Å²) >= 11 is 0. The van der Waals surface area contributed by atoms with Gasteiger partial charge in [0.25, 0.3) is 0 Å². The molecule has 1 saturated carbocycles. The number of hydrogen-bond donors (Lipinski definition) is 2. The van der Waals surface area contributed by atoms with Gasteiger partial charge < -0.3 is 10.2 Å². The largest absolute Gasteiger partial charge is 0.317 e. The Balaban J connectivity index is 2.03. The van der Waals surface area contributed by atoms with Gasteiger partial charge >= 0.3 is 0 Å². The highest BCUT2D eigenvalue weighted by Crippen LogP contribution is 2.24. The van der Waals surface area contributed by atoms with Gasteiger partial charge in [-0.25, -0.2) is 13.1 Å². The molecule has 1 rings (SSSR count). The van der Waals surface area contributed by atoms with Crippen molar-refractivity contribution in [3.05, 3.63) is 0 Å². The maximum absolute atomic E-state index is 11.7. The molecule has 2 N–H and O–H groups in total. The molecule has 108 valence electrons. The first-order valence-electron chi connectivity index (χ1n) is 6.93. The summed E-state index contributed by atoms with van der Waals surface area (Å²) in [6.07, 6.45) is 4.15. The van der Waals surface area contributed by atoms with Gasteiger partial charge in [-0.15, -0.1) is 0 Å². The van der Waals surface area contributed by atoms with E-state index in [-0.39, 0.29) is 5.75 Å². The summed E-state index contributed by atoms with van der Waals surface area (Å²) in [5, 5.41) is 3.19. The number of unbranched alkanes of at least 4 members (excludes halogenated alkanes) is 1. The zero-order valence-corrected chi connectivity index (χ0v) is 12.4. The number of nitrogens with zero attached hydrogens (tertiary/aromatic N) is 1. The van der Waals surface area contributed by atoms with Gasteiger partial charge in [0.05, 0.1) is 5.75 Å². The Morgan fingerprint density at radius 1 is 1.22 bits per heavy atom. The van der Waals surface area contributed by atoms with E-state index in [0.29, 0.717) is 12.6 Å². The lowest BCUT2D eigenvalue weighted by Crippen LogP contribution is -2.35. The van der Waals surface area contributed by atoms with Gasteiger partial charge in [0.1, 0.15) is 0 Å². The Morgan fingerprint density at radius 2 is 1.94 bits per heavy atom. The molecule has 1 fully saturated rings. The molecule has 0 aromatic carbocycles. The van der Waals surface area contributed by atoms with E-state index in [4.69, 9.17) is 0 Å². The minimum atomic E-state index is -3.07. The normalized spacial score (nSPS) is 16.4. The van der Waals surface area contributed by atoms with Crippen molar-refractivity contribution in [1.82, 2.24) is 14.9 Å². The average molecular weight is 277 g/mol. The van der Waals surface area contributed by atoms with E-state index in [1.807, 2.05) is 0 Å². The second-order valence-electron chi connectivity index (χ2n) is 4.99. The highest BCUT2D eigenvalue weighted by Gasteiger charge is 2.25. The van der Waals surface area contributed by atoms with Crippen LogP contribution in [0, 0.1) is 0 Å². The number of nitrogens with one attached hydrogen (secondary N) is 2. The molecule has 0 spiro atoms. The lowest BCUT2D eigenvalue weighted by atomic mass is 10.3. The smallest absolute Gasteiger partial charge is 0.211 e. The second kappa shape index (κ2) is 8.09. The molecule has 0 saturated heterocycles. The van der Waals surface area contributed by atoms with E-state index >= 15 is 0 Å². The van der Waals surface area contributed by atoms with Crippen molar-refractivity contribution in [2.24, 2.45) is 0 Å². The molecule has 0 bridgehead atoms. The zero-order valence-electron chi connectivity index (χ0n) is 11.6. The van der Waals surface area contributed by atoms with Crippen LogP contribution in [-0.4, -0.2) is 58.3 Å². The van der Waals surface area contributed by atoms with Gasteiger partial charge in [0.2, 0.25) is 10.0 Å². The fraction of sp³-hybridized carbons (Fsp3) is 1.00. The third-order valence-corrected chi connectivity index (χ3v) is 4.69. The number of hydrogen-bond acceptors (Lipinski definition) is 4. The molecule has 0 atom stereocenters. The molecule has 0 unspecified atom stereocenters. The summed E-state index contributed by atoms with van der Waals surface area (Å²) in [7, 11) is -1.02. The Morgan fingerprint density at radius 3 is 2.56 bits per heavy atom. The van der Waals surface area contributed by atoms with Crippen LogP contribution >= 0.6 is 0 Å². The van der Waals surface area contributed by atoms with E-state index in [0.717, 1.165) is 32.5 Å². The van der Waals surface area contributed by atoms with Gasteiger partial charge in [-0.3, -0.25) is 0 Å². The number of likely N-dealkylation sites (N-methyl/N-ethyl adjacent to an activating group) is 1. The maximum Gasteiger partial charge on any atom is 0.211 e. The Labute approximate surface area is 111 Å². The molecule has 5 nitrogen and oxygen atoms in total. The number of rotatable bonds is 11. The summed E-state index contributed by atoms with van der Waals surface area (Å²) in [5.74, 6) is 0.242. The minimum Gasteiger partial charge on any atom is -0.317 e. The molecular formula is C12H27N3O2S. The molecular weight excluding hydrogens is 250 g/mol. The molecule has 0 amide bonds. The maximum atomic E-state index is 11.7. The summed E-state index contributed by atoms with van der Waals surface area (Å²) in [6, 6.07) is 0.689. The minimum absolute atomic E-state index is 0.242. The Bertz CT molecular complexity index is 315. The van der Waals surface area contributed by atoms with Crippen LogP contribution in [-0.2, 0) is 10.0 Å². The van der Waals surface area contributed by atoms with Crippen LogP contribution in [0.1, 0.15) is 32.6 Å². The standard InChI is InChI=1S/C12H27N3O2S/c1-3-13-8-4-5-11-18(16,17)14-9-10-15(2)12-6-7-12/h12-14H,3-11H2,1-2H3. The van der Waals surface area contributed by atoms with Crippen LogP contribution < -0.4 is 10.0 Å². The molecule has 0 heterocycles. The van der Waals surface area contributed by atoms with Crippen LogP contribution in [0.4, 0.5) is 0 Å². The van der Waals surface area contributed by atoms with Crippen molar-refractivity contribution >= 4 is 10.0 Å². The molecule has 18 heavy (non-hydrogen) atoms. The molecule has 1 aliphatic rings. The highest BCUT2D eigenvalue weighted by molar-refractivity contribution is 7.89. The highest BCUT2D eigenvalue weighted by atomic mass is 32.2. The van der Waals surface area contributed by atoms with Gasteiger partial charge in [0, 0.05) is 19.1 Å². The molecule has 1 aliphatic carbocycles. The van der Waals surface area contributed by atoms with Gasteiger partial charge in [-0.05, 0) is 45.8 Å². The van der Waals surface area contributed by atoms with Crippen LogP contribution in [0.15, 0.2) is 0 Å². The summed E-state index contributed by atoms with van der Waals surface area (Å²) in [5.41, 5.74) is 0. The quantitative estimate of drug-likeness (QED) is 0.536. The van der Waals surface area contributed by atoms with E-state index in [2.05, 4.69) is 28.9 Å². The zero-order chi connectivity index (χ0) is 13.4. The van der Waals surface area contributed by atoms with E-state index in [9.17, 15) is 8.42 Å². The van der Waals surface area contributed by atoms with E-state index in [1.54, 1.807) is 0 Å². The van der Waals surface area contributed by atoms with Crippen LogP contribution in [0.3, 0.4) is 0 Å². The average Bonchev–Trinajstić information content (AvgIpc) is 3.12. The van der Waals surface area contributed by atoms with E-state index < -0.39 is 10.0 Å². The summed E-state index contributed by atoms with van der Waals surface area (Å²) < 4.78 is 26.0. The van der Waals surface area contributed by atoms with Crippen molar-refractivity contribution in [3.8, 4) is 0 Å². The topological polar surface area (TPSA) is 61.4 Å². The van der Waals surface area contributed by atoms with Crippen molar-refractivity contribution < 1.29 is 8.42 Å². The van der Waals surface area contributed by atoms with Crippen molar-refractivity contribution in [2.45, 2.75) is 38.6 Å². The first-order chi connectivity index (χ1) is 8.55. The number of sulfonamides is 1. The second-order valence-corrected chi connectivity index (χ2v) is 6.91. The molecule has 0 aromatic rings. The van der Waals surface area contributed by atoms with Gasteiger partial charge in [0.15, 0.2) is 0 Å². The fourth-order valence-electron chi connectivity index (χ4n) is 1.87. The first kappa shape index (κ1) is 15.9. The van der Waals surface area contributed by atoms with Crippen molar-refractivity contribution in [3.63, 3.8) is 0 Å². The third kappa shape index (κ3) is 7.31. The summed E-state index contributed by atoms with van der Waals surface area (Å²) in [4.78, 5) is 2.23. The van der Waals surface area contributed by atoms with Crippen molar-refractivity contribution in [1.29, 1.82) is 0 Å². The van der Waals surface area contributed by atoms with Gasteiger partial charge in [-0.1, -0.05) is 6.92 Å². The predicted molar refractivity (Wildman–Crippen MR) is 75.2 cm³/mol. The Kier molecular flexibility index (Phi) is 7.14. The fourth-order valence-corrected chi connectivity index (χ4v) is 3.00. The lowest BCUT2D eigenvalue weighted by molar-refractivity contribution is 0.329.